The number of carbonyl (C=O) groups is 1. The lowest BCUT2D eigenvalue weighted by Gasteiger charge is -2.25. The van der Waals surface area contributed by atoms with Gasteiger partial charge in [0.1, 0.15) is 5.82 Å². The number of aliphatic carboxylic acids is 1. The van der Waals surface area contributed by atoms with Crippen LogP contribution < -0.4 is 0 Å². The van der Waals surface area contributed by atoms with E-state index in [0.29, 0.717) is 12.0 Å². The van der Waals surface area contributed by atoms with E-state index in [1.807, 2.05) is 6.20 Å². The maximum Gasteiger partial charge on any atom is 0.309 e. The van der Waals surface area contributed by atoms with Gasteiger partial charge in [-0.15, -0.1) is 0 Å². The normalized spacial score (nSPS) is 20.8. The molecule has 0 saturated heterocycles. The second kappa shape index (κ2) is 3.61. The highest BCUT2D eigenvalue weighted by Gasteiger charge is 2.32. The van der Waals surface area contributed by atoms with E-state index in [0.717, 1.165) is 11.5 Å². The molecule has 2 aliphatic carbocycles. The predicted octanol–water partition coefficient (Wildman–Crippen LogP) is 2.11. The van der Waals surface area contributed by atoms with E-state index in [-0.39, 0.29) is 6.42 Å². The molecule has 1 aromatic heterocycles. The fourth-order valence-corrected chi connectivity index (χ4v) is 2.31. The molecule has 2 fully saturated rings. The van der Waals surface area contributed by atoms with Gasteiger partial charge in [0.2, 0.25) is 0 Å². The van der Waals surface area contributed by atoms with Gasteiger partial charge in [-0.3, -0.25) is 4.79 Å². The molecule has 3 rings (SSSR count). The molecule has 16 heavy (non-hydrogen) atoms. The molecule has 4 heteroatoms. The Balaban J connectivity index is 1.87. The zero-order valence-corrected chi connectivity index (χ0v) is 9.22. The van der Waals surface area contributed by atoms with Gasteiger partial charge in [-0.05, 0) is 25.7 Å². The molecule has 0 bridgehead atoms. The zero-order chi connectivity index (χ0) is 11.1. The van der Waals surface area contributed by atoms with Crippen molar-refractivity contribution in [3.63, 3.8) is 0 Å². The average molecular weight is 220 g/mol. The number of carboxylic acid groups (broad SMARTS) is 1. The summed E-state index contributed by atoms with van der Waals surface area (Å²) in [6, 6.07) is 0.602. The highest BCUT2D eigenvalue weighted by atomic mass is 16.4. The zero-order valence-electron chi connectivity index (χ0n) is 9.22. The standard InChI is InChI=1S/C12H16N2O2/c15-11(16)6-9-7-14(10-4-5-10)12(13-9)8-2-1-3-8/h7-8,10H,1-6H2,(H,15,16). The van der Waals surface area contributed by atoms with Crippen molar-refractivity contribution in [2.45, 2.75) is 50.5 Å². The van der Waals surface area contributed by atoms with Crippen LogP contribution in [0.15, 0.2) is 6.20 Å². The Hall–Kier alpha value is -1.32. The lowest BCUT2D eigenvalue weighted by Crippen LogP contribution is -2.14. The third-order valence-electron chi connectivity index (χ3n) is 3.55. The minimum absolute atomic E-state index is 0.0550. The van der Waals surface area contributed by atoms with Crippen molar-refractivity contribution in [2.24, 2.45) is 0 Å². The van der Waals surface area contributed by atoms with Crippen LogP contribution in [0.1, 0.15) is 55.6 Å². The summed E-state index contributed by atoms with van der Waals surface area (Å²) >= 11 is 0. The van der Waals surface area contributed by atoms with Gasteiger partial charge in [-0.25, -0.2) is 4.98 Å². The highest BCUT2D eigenvalue weighted by molar-refractivity contribution is 5.69. The number of carboxylic acids is 1. The lowest BCUT2D eigenvalue weighted by atomic mass is 9.85. The summed E-state index contributed by atoms with van der Waals surface area (Å²) in [4.78, 5) is 15.2. The van der Waals surface area contributed by atoms with E-state index < -0.39 is 5.97 Å². The van der Waals surface area contributed by atoms with Crippen molar-refractivity contribution >= 4 is 5.97 Å². The number of imidazole rings is 1. The van der Waals surface area contributed by atoms with Crippen LogP contribution >= 0.6 is 0 Å². The number of hydrogen-bond donors (Lipinski definition) is 1. The first kappa shape index (κ1) is 9.87. The third kappa shape index (κ3) is 1.72. The summed E-state index contributed by atoms with van der Waals surface area (Å²) in [6.45, 7) is 0. The molecular weight excluding hydrogens is 204 g/mol. The smallest absolute Gasteiger partial charge is 0.309 e. The molecule has 0 spiro atoms. The van der Waals surface area contributed by atoms with E-state index in [2.05, 4.69) is 9.55 Å². The molecule has 2 aliphatic rings. The number of nitrogens with zero attached hydrogens (tertiary/aromatic N) is 2. The van der Waals surface area contributed by atoms with Crippen LogP contribution in [0.2, 0.25) is 0 Å². The van der Waals surface area contributed by atoms with Crippen molar-refractivity contribution in [1.29, 1.82) is 0 Å². The van der Waals surface area contributed by atoms with Gasteiger partial charge in [-0.1, -0.05) is 6.42 Å². The van der Waals surface area contributed by atoms with Crippen LogP contribution in [0.5, 0.6) is 0 Å². The number of rotatable bonds is 4. The molecule has 1 aromatic rings. The molecule has 0 unspecified atom stereocenters. The van der Waals surface area contributed by atoms with Gasteiger partial charge < -0.3 is 9.67 Å². The van der Waals surface area contributed by atoms with E-state index >= 15 is 0 Å². The average Bonchev–Trinajstić information content (AvgIpc) is 2.87. The SMILES string of the molecule is O=C(O)Cc1cn(C2CC2)c(C2CCC2)n1. The van der Waals surface area contributed by atoms with E-state index in [4.69, 9.17) is 5.11 Å². The monoisotopic (exact) mass is 220 g/mol. The summed E-state index contributed by atoms with van der Waals surface area (Å²) in [5.41, 5.74) is 0.723. The van der Waals surface area contributed by atoms with Gasteiger partial charge >= 0.3 is 5.97 Å². The largest absolute Gasteiger partial charge is 0.481 e. The first-order valence-corrected chi connectivity index (χ1v) is 6.03. The lowest BCUT2D eigenvalue weighted by molar-refractivity contribution is -0.136. The van der Waals surface area contributed by atoms with Crippen molar-refractivity contribution in [1.82, 2.24) is 9.55 Å². The van der Waals surface area contributed by atoms with Crippen LogP contribution in [-0.2, 0) is 11.2 Å². The number of aromatic nitrogens is 2. The van der Waals surface area contributed by atoms with Crippen LogP contribution in [0, 0.1) is 0 Å². The molecule has 1 heterocycles. The van der Waals surface area contributed by atoms with Crippen molar-refractivity contribution in [3.8, 4) is 0 Å². The van der Waals surface area contributed by atoms with E-state index in [9.17, 15) is 4.79 Å². The Labute approximate surface area is 94.3 Å². The maximum atomic E-state index is 10.7. The third-order valence-corrected chi connectivity index (χ3v) is 3.55. The second-order valence-corrected chi connectivity index (χ2v) is 4.93. The quantitative estimate of drug-likeness (QED) is 0.845. The van der Waals surface area contributed by atoms with Crippen LogP contribution in [-0.4, -0.2) is 20.6 Å². The fraction of sp³-hybridized carbons (Fsp3) is 0.667. The summed E-state index contributed by atoms with van der Waals surface area (Å²) < 4.78 is 2.24. The Bertz CT molecular complexity index is 417. The molecular formula is C12H16N2O2. The molecule has 4 nitrogen and oxygen atoms in total. The first-order chi connectivity index (χ1) is 7.74. The fourth-order valence-electron chi connectivity index (χ4n) is 2.31. The molecule has 0 atom stereocenters. The minimum Gasteiger partial charge on any atom is -0.481 e. The number of hydrogen-bond acceptors (Lipinski definition) is 2. The van der Waals surface area contributed by atoms with Crippen molar-refractivity contribution in [2.75, 3.05) is 0 Å². The van der Waals surface area contributed by atoms with E-state index in [1.54, 1.807) is 0 Å². The van der Waals surface area contributed by atoms with Crippen LogP contribution in [0.3, 0.4) is 0 Å². The molecule has 1 N–H and O–H groups in total. The molecule has 0 aliphatic heterocycles. The molecule has 0 aromatic carbocycles. The Morgan fingerprint density at radius 3 is 2.69 bits per heavy atom. The summed E-state index contributed by atoms with van der Waals surface area (Å²) in [6.07, 6.45) is 8.19. The van der Waals surface area contributed by atoms with Gasteiger partial charge in [0.15, 0.2) is 0 Å². The summed E-state index contributed by atoms with van der Waals surface area (Å²) in [7, 11) is 0. The molecule has 86 valence electrons. The topological polar surface area (TPSA) is 55.1 Å². The first-order valence-electron chi connectivity index (χ1n) is 6.03. The summed E-state index contributed by atoms with van der Waals surface area (Å²) in [5.74, 6) is 0.939. The Morgan fingerprint density at radius 2 is 2.19 bits per heavy atom. The molecule has 0 amide bonds. The van der Waals surface area contributed by atoms with Gasteiger partial charge in [0.05, 0.1) is 12.1 Å². The minimum atomic E-state index is -0.791. The Kier molecular flexibility index (Phi) is 2.23. The van der Waals surface area contributed by atoms with Crippen LogP contribution in [0.25, 0.3) is 0 Å². The Morgan fingerprint density at radius 1 is 1.44 bits per heavy atom. The highest BCUT2D eigenvalue weighted by Crippen LogP contribution is 2.42. The van der Waals surface area contributed by atoms with Gasteiger partial charge in [0.25, 0.3) is 0 Å². The predicted molar refractivity (Wildman–Crippen MR) is 58.4 cm³/mol. The second-order valence-electron chi connectivity index (χ2n) is 4.93. The van der Waals surface area contributed by atoms with E-state index in [1.165, 1.54) is 32.1 Å². The molecule has 0 radical (unpaired) electrons. The van der Waals surface area contributed by atoms with Crippen molar-refractivity contribution in [3.05, 3.63) is 17.7 Å². The van der Waals surface area contributed by atoms with Gasteiger partial charge in [-0.2, -0.15) is 0 Å². The summed E-state index contributed by atoms with van der Waals surface area (Å²) in [5, 5.41) is 8.78. The molecule has 2 saturated carbocycles. The van der Waals surface area contributed by atoms with Crippen LogP contribution in [0.4, 0.5) is 0 Å². The maximum absolute atomic E-state index is 10.7. The van der Waals surface area contributed by atoms with Gasteiger partial charge in [0, 0.05) is 18.2 Å². The van der Waals surface area contributed by atoms with Crippen molar-refractivity contribution < 1.29 is 9.90 Å².